The summed E-state index contributed by atoms with van der Waals surface area (Å²) in [6.07, 6.45) is 39.0. The largest absolute Gasteiger partial charge is 0.457 e. The van der Waals surface area contributed by atoms with Gasteiger partial charge in [-0.15, -0.1) is 0 Å². The summed E-state index contributed by atoms with van der Waals surface area (Å²) in [4.78, 5) is 13.1. The smallest absolute Gasteiger partial charge is 0.306 e. The van der Waals surface area contributed by atoms with Crippen LogP contribution in [-0.2, 0) is 33.2 Å². The van der Waals surface area contributed by atoms with Crippen LogP contribution in [0.1, 0.15) is 219 Å². The first kappa shape index (κ1) is 67.1. The van der Waals surface area contributed by atoms with Crippen molar-refractivity contribution in [3.05, 3.63) is 48.6 Å². The molecule has 0 bridgehead atoms. The molecule has 426 valence electrons. The van der Waals surface area contributed by atoms with Gasteiger partial charge in [-0.2, -0.15) is 0 Å². The van der Waals surface area contributed by atoms with Crippen molar-refractivity contribution >= 4 is 5.97 Å². The van der Waals surface area contributed by atoms with Crippen LogP contribution in [0.2, 0.25) is 0 Å². The van der Waals surface area contributed by atoms with E-state index in [1.54, 1.807) is 0 Å². The van der Waals surface area contributed by atoms with Gasteiger partial charge in [0.2, 0.25) is 0 Å². The van der Waals surface area contributed by atoms with E-state index in [1.807, 2.05) is 0 Å². The fourth-order valence-electron chi connectivity index (χ4n) is 9.12. The van der Waals surface area contributed by atoms with Gasteiger partial charge in [0, 0.05) is 13.0 Å². The number of aliphatic hydroxyl groups is 7. The average Bonchev–Trinajstić information content (AvgIpc) is 3.39. The molecule has 2 saturated heterocycles. The second-order valence-electron chi connectivity index (χ2n) is 20.4. The molecule has 11 unspecified atom stereocenters. The molecule has 7 N–H and O–H groups in total. The van der Waals surface area contributed by atoms with Crippen LogP contribution < -0.4 is 0 Å². The number of rotatable bonds is 47. The molecule has 0 aromatic heterocycles. The van der Waals surface area contributed by atoms with Gasteiger partial charge in [-0.05, 0) is 70.6 Å². The summed E-state index contributed by atoms with van der Waals surface area (Å²) in [5.74, 6) is -0.383. The lowest BCUT2D eigenvalue weighted by atomic mass is 9.98. The number of aliphatic hydroxyl groups excluding tert-OH is 7. The van der Waals surface area contributed by atoms with Crippen molar-refractivity contribution in [3.8, 4) is 0 Å². The first-order valence-electron chi connectivity index (χ1n) is 29.2. The summed E-state index contributed by atoms with van der Waals surface area (Å²) in [7, 11) is 0. The highest BCUT2D eigenvalue weighted by Crippen LogP contribution is 2.27. The number of allylic oxidation sites excluding steroid dienone is 8. The van der Waals surface area contributed by atoms with Crippen LogP contribution in [0.25, 0.3) is 0 Å². The highest BCUT2D eigenvalue weighted by atomic mass is 16.7. The zero-order chi connectivity index (χ0) is 53.0. The van der Waals surface area contributed by atoms with Crippen LogP contribution >= 0.6 is 0 Å². The standard InChI is InChI=1S/C59H106O14/c1-3-5-7-9-11-13-15-17-19-20-21-22-23-24-25-26-27-28-29-30-32-34-36-38-40-42-51(61)71-48(45-68-43-41-39-37-35-33-31-18-16-14-12-10-8-6-4-2)46-69-58-57(67)55(65)53(63)50(73-58)47-70-59-56(66)54(64)52(62)49(44-60)72-59/h6,8,12,14,18,20-21,31,48-50,52-60,62-67H,3-5,7,9-11,13,15-17,19,22-30,32-47H2,1-2H3/b8-6-,14-12-,21-20-,31-18-. The summed E-state index contributed by atoms with van der Waals surface area (Å²) in [6, 6.07) is 0. The highest BCUT2D eigenvalue weighted by molar-refractivity contribution is 5.69. The number of unbranched alkanes of at least 4 members (excludes halogenated alkanes) is 25. The molecular formula is C59H106O14. The summed E-state index contributed by atoms with van der Waals surface area (Å²) in [5, 5.41) is 72.3. The van der Waals surface area contributed by atoms with E-state index >= 15 is 0 Å². The van der Waals surface area contributed by atoms with E-state index in [0.29, 0.717) is 13.0 Å². The van der Waals surface area contributed by atoms with E-state index in [0.717, 1.165) is 70.6 Å². The van der Waals surface area contributed by atoms with Crippen LogP contribution in [0.15, 0.2) is 48.6 Å². The molecule has 0 radical (unpaired) electrons. The van der Waals surface area contributed by atoms with Crippen molar-refractivity contribution in [3.63, 3.8) is 0 Å². The van der Waals surface area contributed by atoms with E-state index < -0.39 is 80.7 Å². The lowest BCUT2D eigenvalue weighted by molar-refractivity contribution is -0.332. The molecule has 2 aliphatic rings. The first-order valence-corrected chi connectivity index (χ1v) is 29.2. The average molecular weight is 1040 g/mol. The van der Waals surface area contributed by atoms with Gasteiger partial charge in [-0.3, -0.25) is 4.79 Å². The van der Waals surface area contributed by atoms with Crippen LogP contribution in [0.3, 0.4) is 0 Å². The second kappa shape index (κ2) is 46.1. The Labute approximate surface area is 442 Å². The van der Waals surface area contributed by atoms with Crippen molar-refractivity contribution in [1.29, 1.82) is 0 Å². The minimum atomic E-state index is -1.71. The molecule has 73 heavy (non-hydrogen) atoms. The Morgan fingerprint density at radius 3 is 1.41 bits per heavy atom. The van der Waals surface area contributed by atoms with Crippen molar-refractivity contribution in [2.24, 2.45) is 0 Å². The molecule has 11 atom stereocenters. The fraction of sp³-hybridized carbons (Fsp3) is 0.847. The number of hydrogen-bond acceptors (Lipinski definition) is 14. The molecule has 0 aliphatic carbocycles. The molecule has 0 aromatic carbocycles. The maximum absolute atomic E-state index is 13.1. The van der Waals surface area contributed by atoms with Gasteiger partial charge in [0.15, 0.2) is 12.6 Å². The Morgan fingerprint density at radius 1 is 0.466 bits per heavy atom. The topological polar surface area (TPSA) is 214 Å². The molecule has 0 spiro atoms. The Balaban J connectivity index is 1.68. The number of carbonyl (C=O) groups is 1. The zero-order valence-corrected chi connectivity index (χ0v) is 45.6. The van der Waals surface area contributed by atoms with E-state index in [4.69, 9.17) is 28.4 Å². The first-order chi connectivity index (χ1) is 35.6. The van der Waals surface area contributed by atoms with Crippen LogP contribution in [0.4, 0.5) is 0 Å². The molecule has 0 saturated carbocycles. The number of esters is 1. The van der Waals surface area contributed by atoms with Crippen molar-refractivity contribution in [2.45, 2.75) is 287 Å². The maximum Gasteiger partial charge on any atom is 0.306 e. The molecule has 2 heterocycles. The van der Waals surface area contributed by atoms with Gasteiger partial charge in [0.1, 0.15) is 54.9 Å². The normalized spacial score (nSPS) is 25.3. The van der Waals surface area contributed by atoms with Gasteiger partial charge in [-0.1, -0.05) is 191 Å². The SMILES string of the molecule is CC/C=C\C/C=C\C/C=C\CCCCCCOCC(COC1OC(COC2OC(CO)C(O)C(O)C2O)C(O)C(O)C1O)OC(=O)CCCCCCCCCCCCCCC/C=C\CCCCCCCCCC. The third-order valence-corrected chi connectivity index (χ3v) is 13.8. The molecule has 2 fully saturated rings. The van der Waals surface area contributed by atoms with Gasteiger partial charge in [-0.25, -0.2) is 0 Å². The van der Waals surface area contributed by atoms with Gasteiger partial charge in [0.25, 0.3) is 0 Å². The maximum atomic E-state index is 13.1. The predicted molar refractivity (Wildman–Crippen MR) is 289 cm³/mol. The second-order valence-corrected chi connectivity index (χ2v) is 20.4. The molecule has 2 rings (SSSR count). The molecule has 0 aromatic rings. The predicted octanol–water partition coefficient (Wildman–Crippen LogP) is 10.3. The van der Waals surface area contributed by atoms with Crippen LogP contribution in [0, 0.1) is 0 Å². The highest BCUT2D eigenvalue weighted by Gasteiger charge is 2.47. The Kier molecular flexibility index (Phi) is 42.3. The van der Waals surface area contributed by atoms with Gasteiger partial charge < -0.3 is 64.2 Å². The molecular weight excluding hydrogens is 933 g/mol. The van der Waals surface area contributed by atoms with Crippen LogP contribution in [-0.4, -0.2) is 142 Å². The third-order valence-electron chi connectivity index (χ3n) is 13.8. The minimum absolute atomic E-state index is 0.0466. The summed E-state index contributed by atoms with van der Waals surface area (Å²) < 4.78 is 34.3. The quantitative estimate of drug-likeness (QED) is 0.0172. The molecule has 14 heteroatoms. The lowest BCUT2D eigenvalue weighted by Gasteiger charge is -2.42. The zero-order valence-electron chi connectivity index (χ0n) is 45.6. The Hall–Kier alpha value is -2.05. The van der Waals surface area contributed by atoms with Crippen molar-refractivity contribution < 1.29 is 69.0 Å². The van der Waals surface area contributed by atoms with Crippen molar-refractivity contribution in [1.82, 2.24) is 0 Å². The summed E-state index contributed by atoms with van der Waals surface area (Å²) in [5.41, 5.74) is 0. The van der Waals surface area contributed by atoms with Gasteiger partial charge >= 0.3 is 5.97 Å². The Bertz CT molecular complexity index is 1390. The molecule has 2 aliphatic heterocycles. The lowest BCUT2D eigenvalue weighted by Crippen LogP contribution is -2.61. The number of carbonyl (C=O) groups excluding carboxylic acids is 1. The molecule has 0 amide bonds. The minimum Gasteiger partial charge on any atom is -0.457 e. The monoisotopic (exact) mass is 1040 g/mol. The fourth-order valence-corrected chi connectivity index (χ4v) is 9.12. The Morgan fingerprint density at radius 2 is 0.890 bits per heavy atom. The van der Waals surface area contributed by atoms with E-state index in [9.17, 15) is 40.5 Å². The van der Waals surface area contributed by atoms with E-state index in [1.165, 1.54) is 122 Å². The van der Waals surface area contributed by atoms with Crippen LogP contribution in [0.5, 0.6) is 0 Å². The van der Waals surface area contributed by atoms with Gasteiger partial charge in [0.05, 0.1) is 26.4 Å². The van der Waals surface area contributed by atoms with E-state index in [2.05, 4.69) is 62.5 Å². The summed E-state index contributed by atoms with van der Waals surface area (Å²) in [6.45, 7) is 3.54. The number of hydrogen-bond donors (Lipinski definition) is 7. The number of ether oxygens (including phenoxy) is 6. The molecule has 14 nitrogen and oxygen atoms in total. The van der Waals surface area contributed by atoms with Crippen molar-refractivity contribution in [2.75, 3.05) is 33.0 Å². The summed E-state index contributed by atoms with van der Waals surface area (Å²) >= 11 is 0. The van der Waals surface area contributed by atoms with E-state index in [-0.39, 0.29) is 25.6 Å². The third kappa shape index (κ3) is 33.0.